The minimum absolute atomic E-state index is 0.0847. The number of hydrogen-bond donors (Lipinski definition) is 0. The number of cyclic esters (lactones) is 1. The van der Waals surface area contributed by atoms with Crippen LogP contribution in [-0.2, 0) is 9.53 Å². The normalized spacial score (nSPS) is 32.9. The number of hydrogen-bond acceptors (Lipinski definition) is 2. The second-order valence-electron chi connectivity index (χ2n) is 4.79. The SMILES string of the molecule is C=C1OC(=O)C(C)(CC)CC1(C)C. The number of carbonyl (C=O) groups is 1. The molecule has 1 fully saturated rings. The molecule has 0 radical (unpaired) electrons. The van der Waals surface area contributed by atoms with E-state index in [4.69, 9.17) is 4.74 Å². The van der Waals surface area contributed by atoms with Gasteiger partial charge in [-0.15, -0.1) is 0 Å². The van der Waals surface area contributed by atoms with Gasteiger partial charge in [0.2, 0.25) is 0 Å². The van der Waals surface area contributed by atoms with Crippen molar-refractivity contribution >= 4 is 5.97 Å². The summed E-state index contributed by atoms with van der Waals surface area (Å²) in [5.41, 5.74) is -0.413. The quantitative estimate of drug-likeness (QED) is 0.583. The molecule has 1 atom stereocenters. The first-order chi connectivity index (χ1) is 5.82. The second kappa shape index (κ2) is 2.86. The summed E-state index contributed by atoms with van der Waals surface area (Å²) in [6.45, 7) is 11.9. The van der Waals surface area contributed by atoms with E-state index in [9.17, 15) is 4.79 Å². The van der Waals surface area contributed by atoms with Crippen LogP contribution in [0.2, 0.25) is 0 Å². The molecule has 0 bridgehead atoms. The minimum Gasteiger partial charge on any atom is -0.431 e. The minimum atomic E-state index is -0.329. The molecule has 0 aromatic carbocycles. The van der Waals surface area contributed by atoms with Gasteiger partial charge >= 0.3 is 5.97 Å². The van der Waals surface area contributed by atoms with Crippen molar-refractivity contribution in [3.05, 3.63) is 12.3 Å². The first-order valence-corrected chi connectivity index (χ1v) is 4.73. The Morgan fingerprint density at radius 2 is 2.00 bits per heavy atom. The molecule has 0 N–H and O–H groups in total. The summed E-state index contributed by atoms with van der Waals surface area (Å²) in [6.07, 6.45) is 1.65. The molecule has 13 heavy (non-hydrogen) atoms. The lowest BCUT2D eigenvalue weighted by atomic mass is 9.70. The van der Waals surface area contributed by atoms with E-state index in [2.05, 4.69) is 20.4 Å². The molecule has 0 spiro atoms. The van der Waals surface area contributed by atoms with Gasteiger partial charge in [-0.2, -0.15) is 0 Å². The maximum Gasteiger partial charge on any atom is 0.316 e. The van der Waals surface area contributed by atoms with Crippen LogP contribution in [0, 0.1) is 10.8 Å². The molecule has 2 heteroatoms. The first kappa shape index (κ1) is 10.3. The highest BCUT2D eigenvalue weighted by molar-refractivity contribution is 5.78. The first-order valence-electron chi connectivity index (χ1n) is 4.73. The highest BCUT2D eigenvalue weighted by Gasteiger charge is 2.45. The van der Waals surface area contributed by atoms with Gasteiger partial charge in [-0.25, -0.2) is 0 Å². The molecule has 1 aliphatic rings. The zero-order chi connectivity index (χ0) is 10.3. The van der Waals surface area contributed by atoms with Crippen molar-refractivity contribution in [3.63, 3.8) is 0 Å². The largest absolute Gasteiger partial charge is 0.431 e. The van der Waals surface area contributed by atoms with Gasteiger partial charge in [-0.3, -0.25) is 4.79 Å². The molecule has 74 valence electrons. The van der Waals surface area contributed by atoms with E-state index >= 15 is 0 Å². The molecular formula is C11H18O2. The molecule has 0 amide bonds. The van der Waals surface area contributed by atoms with E-state index < -0.39 is 0 Å². The summed E-state index contributed by atoms with van der Waals surface area (Å²) in [5.74, 6) is 0.475. The Labute approximate surface area is 80.0 Å². The maximum absolute atomic E-state index is 11.6. The average Bonchev–Trinajstić information content (AvgIpc) is 2.01. The van der Waals surface area contributed by atoms with Crippen LogP contribution in [0.3, 0.4) is 0 Å². The van der Waals surface area contributed by atoms with Crippen molar-refractivity contribution < 1.29 is 9.53 Å². The molecule has 2 nitrogen and oxygen atoms in total. The lowest BCUT2D eigenvalue weighted by Gasteiger charge is -2.41. The molecule has 0 aromatic rings. The summed E-state index contributed by atoms with van der Waals surface area (Å²) < 4.78 is 5.17. The number of carbonyl (C=O) groups excluding carboxylic acids is 1. The molecule has 1 rings (SSSR count). The van der Waals surface area contributed by atoms with Crippen LogP contribution in [0.15, 0.2) is 12.3 Å². The molecule has 1 heterocycles. The van der Waals surface area contributed by atoms with Crippen molar-refractivity contribution in [2.75, 3.05) is 0 Å². The van der Waals surface area contributed by atoms with Crippen molar-refractivity contribution in [3.8, 4) is 0 Å². The summed E-state index contributed by atoms with van der Waals surface area (Å²) in [6, 6.07) is 0. The monoisotopic (exact) mass is 182 g/mol. The molecule has 0 aliphatic carbocycles. The number of ether oxygens (including phenoxy) is 1. The Bertz CT molecular complexity index is 253. The Hall–Kier alpha value is -0.790. The summed E-state index contributed by atoms with van der Waals surface area (Å²) in [5, 5.41) is 0. The van der Waals surface area contributed by atoms with Crippen LogP contribution in [0.1, 0.15) is 40.5 Å². The lowest BCUT2D eigenvalue weighted by Crippen LogP contribution is -2.41. The van der Waals surface area contributed by atoms with Gasteiger partial charge in [0.05, 0.1) is 5.41 Å². The van der Waals surface area contributed by atoms with Crippen LogP contribution < -0.4 is 0 Å². The molecule has 1 unspecified atom stereocenters. The summed E-state index contributed by atoms with van der Waals surface area (Å²) in [4.78, 5) is 11.6. The van der Waals surface area contributed by atoms with Crippen LogP contribution in [0.25, 0.3) is 0 Å². The summed E-state index contributed by atoms with van der Waals surface area (Å²) >= 11 is 0. The highest BCUT2D eigenvalue weighted by atomic mass is 16.5. The predicted octanol–water partition coefficient (Wildman–Crippen LogP) is 2.89. The van der Waals surface area contributed by atoms with E-state index in [1.165, 1.54) is 0 Å². The third-order valence-electron chi connectivity index (χ3n) is 3.08. The van der Waals surface area contributed by atoms with Crippen LogP contribution in [0.4, 0.5) is 0 Å². The van der Waals surface area contributed by atoms with Gasteiger partial charge in [0.25, 0.3) is 0 Å². The van der Waals surface area contributed by atoms with Crippen molar-refractivity contribution in [2.45, 2.75) is 40.5 Å². The van der Waals surface area contributed by atoms with E-state index in [-0.39, 0.29) is 16.8 Å². The fourth-order valence-corrected chi connectivity index (χ4v) is 1.79. The smallest absolute Gasteiger partial charge is 0.316 e. The van der Waals surface area contributed by atoms with Crippen molar-refractivity contribution in [2.24, 2.45) is 10.8 Å². The third kappa shape index (κ3) is 1.62. The van der Waals surface area contributed by atoms with Gasteiger partial charge in [-0.05, 0) is 19.8 Å². The summed E-state index contributed by atoms with van der Waals surface area (Å²) in [7, 11) is 0. The molecule has 0 aromatic heterocycles. The molecular weight excluding hydrogens is 164 g/mol. The Kier molecular flexibility index (Phi) is 2.27. The van der Waals surface area contributed by atoms with E-state index in [0.29, 0.717) is 5.76 Å². The standard InChI is InChI=1S/C11H18O2/c1-6-11(5)7-10(3,4)8(2)13-9(11)12/h2,6-7H2,1,3-5H3. The maximum atomic E-state index is 11.6. The van der Waals surface area contributed by atoms with Crippen molar-refractivity contribution in [1.29, 1.82) is 0 Å². The highest BCUT2D eigenvalue weighted by Crippen LogP contribution is 2.46. The van der Waals surface area contributed by atoms with E-state index in [0.717, 1.165) is 12.8 Å². The third-order valence-corrected chi connectivity index (χ3v) is 3.08. The molecule has 1 saturated heterocycles. The number of allylic oxidation sites excluding steroid dienone is 1. The number of esters is 1. The predicted molar refractivity (Wildman–Crippen MR) is 52.0 cm³/mol. The topological polar surface area (TPSA) is 26.3 Å². The Morgan fingerprint density at radius 3 is 2.46 bits per heavy atom. The zero-order valence-electron chi connectivity index (χ0n) is 8.94. The van der Waals surface area contributed by atoms with Gasteiger partial charge in [-0.1, -0.05) is 27.4 Å². The van der Waals surface area contributed by atoms with Crippen LogP contribution in [-0.4, -0.2) is 5.97 Å². The van der Waals surface area contributed by atoms with Gasteiger partial charge < -0.3 is 4.74 Å². The zero-order valence-corrected chi connectivity index (χ0v) is 8.94. The molecule has 0 saturated carbocycles. The van der Waals surface area contributed by atoms with E-state index in [1.807, 2.05) is 13.8 Å². The van der Waals surface area contributed by atoms with Crippen LogP contribution >= 0.6 is 0 Å². The van der Waals surface area contributed by atoms with Crippen molar-refractivity contribution in [1.82, 2.24) is 0 Å². The fourth-order valence-electron chi connectivity index (χ4n) is 1.79. The fraction of sp³-hybridized carbons (Fsp3) is 0.727. The van der Waals surface area contributed by atoms with Gasteiger partial charge in [0.15, 0.2) is 0 Å². The van der Waals surface area contributed by atoms with Gasteiger partial charge in [0.1, 0.15) is 5.76 Å². The Morgan fingerprint density at radius 1 is 1.46 bits per heavy atom. The lowest BCUT2D eigenvalue weighted by molar-refractivity contribution is -0.161. The molecule has 1 aliphatic heterocycles. The number of rotatable bonds is 1. The van der Waals surface area contributed by atoms with E-state index in [1.54, 1.807) is 0 Å². The average molecular weight is 182 g/mol. The van der Waals surface area contributed by atoms with Gasteiger partial charge in [0, 0.05) is 5.41 Å². The van der Waals surface area contributed by atoms with Crippen LogP contribution in [0.5, 0.6) is 0 Å². The second-order valence-corrected chi connectivity index (χ2v) is 4.79. The Balaban J connectivity index is 2.95.